The average Bonchev–Trinajstić information content (AvgIpc) is 3.25. The SMILES string of the molecule is CN=C(NCCCOCC1CCOC1)NCc1nnc2n1CCCCC2. The topological polar surface area (TPSA) is 85.6 Å². The van der Waals surface area contributed by atoms with Gasteiger partial charge in [-0.1, -0.05) is 6.42 Å². The number of aromatic nitrogens is 3. The number of aryl methyl sites for hydroxylation is 1. The van der Waals surface area contributed by atoms with Crippen molar-refractivity contribution in [1.29, 1.82) is 0 Å². The summed E-state index contributed by atoms with van der Waals surface area (Å²) in [6.07, 6.45) is 6.81. The molecule has 3 rings (SSSR count). The number of fused-ring (bicyclic) bond motifs is 1. The molecule has 1 unspecified atom stereocenters. The number of hydrogen-bond acceptors (Lipinski definition) is 5. The standard InChI is InChI=1S/C18H32N6O2/c1-19-18(20-8-5-10-25-13-15-7-11-26-14-15)21-12-17-23-22-16-6-3-2-4-9-24(16)17/h15H,2-14H2,1H3,(H2,19,20,21). The number of nitrogens with zero attached hydrogens (tertiary/aromatic N) is 4. The van der Waals surface area contributed by atoms with Crippen LogP contribution in [-0.4, -0.2) is 60.7 Å². The highest BCUT2D eigenvalue weighted by molar-refractivity contribution is 5.79. The van der Waals surface area contributed by atoms with Crippen molar-refractivity contribution >= 4 is 5.96 Å². The molecule has 2 N–H and O–H groups in total. The highest BCUT2D eigenvalue weighted by Gasteiger charge is 2.16. The molecule has 26 heavy (non-hydrogen) atoms. The summed E-state index contributed by atoms with van der Waals surface area (Å²) in [6.45, 7) is 5.80. The van der Waals surface area contributed by atoms with E-state index in [1.165, 1.54) is 19.3 Å². The van der Waals surface area contributed by atoms with Gasteiger partial charge in [-0.3, -0.25) is 4.99 Å². The lowest BCUT2D eigenvalue weighted by Gasteiger charge is -2.13. The molecule has 1 fully saturated rings. The van der Waals surface area contributed by atoms with Gasteiger partial charge in [-0.25, -0.2) is 0 Å². The van der Waals surface area contributed by atoms with E-state index in [2.05, 4.69) is 30.4 Å². The van der Waals surface area contributed by atoms with E-state index in [1.807, 2.05) is 0 Å². The van der Waals surface area contributed by atoms with Crippen LogP contribution in [0.4, 0.5) is 0 Å². The third-order valence-electron chi connectivity index (χ3n) is 4.96. The van der Waals surface area contributed by atoms with Gasteiger partial charge < -0.3 is 24.7 Å². The van der Waals surface area contributed by atoms with Gasteiger partial charge in [-0.05, 0) is 25.7 Å². The lowest BCUT2D eigenvalue weighted by molar-refractivity contribution is 0.0888. The fourth-order valence-electron chi connectivity index (χ4n) is 3.41. The van der Waals surface area contributed by atoms with E-state index in [4.69, 9.17) is 9.47 Å². The molecule has 0 saturated carbocycles. The second-order valence-electron chi connectivity index (χ2n) is 7.01. The molecule has 2 aliphatic heterocycles. The third-order valence-corrected chi connectivity index (χ3v) is 4.96. The van der Waals surface area contributed by atoms with Crippen LogP contribution in [0.1, 0.15) is 43.8 Å². The molecule has 1 aromatic heterocycles. The van der Waals surface area contributed by atoms with Crippen LogP contribution in [0, 0.1) is 5.92 Å². The van der Waals surface area contributed by atoms with Crippen molar-refractivity contribution in [3.63, 3.8) is 0 Å². The molecule has 0 bridgehead atoms. The molecule has 1 saturated heterocycles. The first kappa shape index (κ1) is 19.1. The van der Waals surface area contributed by atoms with E-state index >= 15 is 0 Å². The maximum absolute atomic E-state index is 5.72. The van der Waals surface area contributed by atoms with Crippen LogP contribution in [0.2, 0.25) is 0 Å². The Balaban J connectivity index is 1.31. The number of nitrogens with one attached hydrogen (secondary N) is 2. The maximum atomic E-state index is 5.72. The summed E-state index contributed by atoms with van der Waals surface area (Å²) in [6, 6.07) is 0. The van der Waals surface area contributed by atoms with E-state index in [-0.39, 0.29) is 0 Å². The van der Waals surface area contributed by atoms with Crippen molar-refractivity contribution in [3.8, 4) is 0 Å². The van der Waals surface area contributed by atoms with Gasteiger partial charge in [0.05, 0.1) is 19.8 Å². The molecule has 1 atom stereocenters. The van der Waals surface area contributed by atoms with Gasteiger partial charge in [0.25, 0.3) is 0 Å². The van der Waals surface area contributed by atoms with Gasteiger partial charge in [0.2, 0.25) is 0 Å². The number of hydrogen-bond donors (Lipinski definition) is 2. The molecule has 0 spiro atoms. The van der Waals surface area contributed by atoms with Crippen molar-refractivity contribution in [2.45, 2.75) is 51.6 Å². The Morgan fingerprint density at radius 3 is 3.12 bits per heavy atom. The fraction of sp³-hybridized carbons (Fsp3) is 0.833. The Bertz CT molecular complexity index is 568. The Morgan fingerprint density at radius 1 is 1.31 bits per heavy atom. The fourth-order valence-corrected chi connectivity index (χ4v) is 3.41. The summed E-state index contributed by atoms with van der Waals surface area (Å²) in [4.78, 5) is 4.28. The van der Waals surface area contributed by atoms with Crippen LogP contribution in [0.25, 0.3) is 0 Å². The van der Waals surface area contributed by atoms with Crippen LogP contribution in [0.5, 0.6) is 0 Å². The van der Waals surface area contributed by atoms with E-state index in [0.29, 0.717) is 12.5 Å². The normalized spacial score (nSPS) is 20.7. The minimum absolute atomic E-state index is 0.579. The minimum Gasteiger partial charge on any atom is -0.381 e. The van der Waals surface area contributed by atoms with E-state index in [0.717, 1.165) is 76.4 Å². The van der Waals surface area contributed by atoms with Gasteiger partial charge >= 0.3 is 0 Å². The molecule has 8 heteroatoms. The van der Waals surface area contributed by atoms with E-state index in [1.54, 1.807) is 7.05 Å². The lowest BCUT2D eigenvalue weighted by atomic mass is 10.1. The Morgan fingerprint density at radius 2 is 2.27 bits per heavy atom. The summed E-state index contributed by atoms with van der Waals surface area (Å²) in [5.74, 6) is 3.48. The molecule has 1 aromatic rings. The van der Waals surface area contributed by atoms with Crippen LogP contribution in [-0.2, 0) is 29.0 Å². The summed E-state index contributed by atoms with van der Waals surface area (Å²) in [7, 11) is 1.79. The second kappa shape index (κ2) is 10.5. The van der Waals surface area contributed by atoms with Gasteiger partial charge in [0.15, 0.2) is 11.8 Å². The van der Waals surface area contributed by atoms with Gasteiger partial charge in [0, 0.05) is 45.7 Å². The van der Waals surface area contributed by atoms with Crippen LogP contribution >= 0.6 is 0 Å². The predicted octanol–water partition coefficient (Wildman–Crippen LogP) is 1.11. The van der Waals surface area contributed by atoms with Gasteiger partial charge in [0.1, 0.15) is 5.82 Å². The monoisotopic (exact) mass is 364 g/mol. The van der Waals surface area contributed by atoms with Crippen LogP contribution in [0.15, 0.2) is 4.99 Å². The van der Waals surface area contributed by atoms with Crippen molar-refractivity contribution in [1.82, 2.24) is 25.4 Å². The maximum Gasteiger partial charge on any atom is 0.191 e. The summed E-state index contributed by atoms with van der Waals surface area (Å²) in [5, 5.41) is 15.3. The summed E-state index contributed by atoms with van der Waals surface area (Å²) in [5.41, 5.74) is 0. The first-order valence-corrected chi connectivity index (χ1v) is 9.88. The van der Waals surface area contributed by atoms with Gasteiger partial charge in [-0.2, -0.15) is 0 Å². The summed E-state index contributed by atoms with van der Waals surface area (Å²) >= 11 is 0. The minimum atomic E-state index is 0.579. The molecule has 0 radical (unpaired) electrons. The zero-order valence-corrected chi connectivity index (χ0v) is 15.9. The second-order valence-corrected chi connectivity index (χ2v) is 7.01. The quantitative estimate of drug-likeness (QED) is 0.408. The highest BCUT2D eigenvalue weighted by Crippen LogP contribution is 2.14. The molecule has 3 heterocycles. The van der Waals surface area contributed by atoms with E-state index < -0.39 is 0 Å². The molecule has 2 aliphatic rings. The van der Waals surface area contributed by atoms with Crippen molar-refractivity contribution in [2.75, 3.05) is 40.0 Å². The molecular weight excluding hydrogens is 332 g/mol. The summed E-state index contributed by atoms with van der Waals surface area (Å²) < 4.78 is 13.3. The first-order valence-electron chi connectivity index (χ1n) is 9.88. The largest absolute Gasteiger partial charge is 0.381 e. The molecule has 0 amide bonds. The number of ether oxygens (including phenoxy) is 2. The first-order chi connectivity index (χ1) is 12.9. The van der Waals surface area contributed by atoms with Crippen LogP contribution < -0.4 is 10.6 Å². The molecule has 0 aromatic carbocycles. The number of rotatable bonds is 8. The number of guanidine groups is 1. The average molecular weight is 364 g/mol. The lowest BCUT2D eigenvalue weighted by Crippen LogP contribution is -2.38. The molecule has 0 aliphatic carbocycles. The van der Waals surface area contributed by atoms with Crippen molar-refractivity contribution < 1.29 is 9.47 Å². The van der Waals surface area contributed by atoms with Crippen molar-refractivity contribution in [2.24, 2.45) is 10.9 Å². The molecule has 8 nitrogen and oxygen atoms in total. The zero-order chi connectivity index (χ0) is 18.0. The van der Waals surface area contributed by atoms with Gasteiger partial charge in [-0.15, -0.1) is 10.2 Å². The third kappa shape index (κ3) is 5.67. The van der Waals surface area contributed by atoms with Crippen LogP contribution in [0.3, 0.4) is 0 Å². The predicted molar refractivity (Wildman–Crippen MR) is 100 cm³/mol. The Labute approximate surface area is 155 Å². The zero-order valence-electron chi connectivity index (χ0n) is 15.9. The molecular formula is C18H32N6O2. The van der Waals surface area contributed by atoms with E-state index in [9.17, 15) is 0 Å². The number of aliphatic imine (C=N–C) groups is 1. The Kier molecular flexibility index (Phi) is 7.69. The van der Waals surface area contributed by atoms with Crippen molar-refractivity contribution in [3.05, 3.63) is 11.6 Å². The molecule has 146 valence electrons. The Hall–Kier alpha value is -1.67. The smallest absolute Gasteiger partial charge is 0.191 e. The highest BCUT2D eigenvalue weighted by atomic mass is 16.5.